The molecule has 0 aromatic heterocycles. The summed E-state index contributed by atoms with van der Waals surface area (Å²) in [7, 11) is 1.97. The molecule has 4 aromatic carbocycles. The third-order valence-electron chi connectivity index (χ3n) is 5.07. The molecule has 0 saturated carbocycles. The Labute approximate surface area is 208 Å². The molecule has 180 valence electrons. The largest absolute Gasteiger partial charge is 0.319 e. The Bertz CT molecular complexity index is 1070. The predicted octanol–water partition coefficient (Wildman–Crippen LogP) is 7.18. The van der Waals surface area contributed by atoms with Gasteiger partial charge < -0.3 is 5.43 Å². The Morgan fingerprint density at radius 1 is 0.714 bits per heavy atom. The van der Waals surface area contributed by atoms with E-state index in [1.807, 2.05) is 42.4 Å². The van der Waals surface area contributed by atoms with Crippen LogP contribution in [0.3, 0.4) is 0 Å². The third kappa shape index (κ3) is 10.5. The number of benzene rings is 4. The number of likely N-dealkylation sites (N-methyl/N-ethyl adjacent to an activating group) is 1. The van der Waals surface area contributed by atoms with E-state index in [1.54, 1.807) is 24.3 Å². The lowest BCUT2D eigenvalue weighted by Gasteiger charge is -2.19. The molecule has 0 aliphatic heterocycles. The average molecular weight is 468 g/mol. The Balaban J connectivity index is 0.000000248. The lowest BCUT2D eigenvalue weighted by molar-refractivity contribution is -0.384. The van der Waals surface area contributed by atoms with Gasteiger partial charge in [-0.1, -0.05) is 91.0 Å². The molecule has 0 spiro atoms. The fourth-order valence-electron chi connectivity index (χ4n) is 3.30. The summed E-state index contributed by atoms with van der Waals surface area (Å²) in [5, 5.41) is 12.6. The summed E-state index contributed by atoms with van der Waals surface area (Å²) in [5.74, 6) is 0. The van der Waals surface area contributed by atoms with Crippen molar-refractivity contribution in [3.05, 3.63) is 155 Å². The topological polar surface area (TPSA) is 58.4 Å². The van der Waals surface area contributed by atoms with Crippen molar-refractivity contribution in [2.45, 2.75) is 12.8 Å². The summed E-state index contributed by atoms with van der Waals surface area (Å²) in [5.41, 5.74) is 8.26. The molecule has 0 saturated heterocycles. The Hall–Kier alpha value is -4.22. The maximum absolute atomic E-state index is 10.6. The van der Waals surface area contributed by atoms with Gasteiger partial charge in [0.25, 0.3) is 5.69 Å². The highest BCUT2D eigenvalue weighted by Crippen LogP contribution is 2.13. The summed E-state index contributed by atoms with van der Waals surface area (Å²) >= 11 is 0. The Morgan fingerprint density at radius 3 is 1.63 bits per heavy atom. The van der Waals surface area contributed by atoms with Gasteiger partial charge in [-0.05, 0) is 41.7 Å². The van der Waals surface area contributed by atoms with Crippen LogP contribution >= 0.6 is 0 Å². The molecule has 4 rings (SSSR count). The van der Waals surface area contributed by atoms with Crippen LogP contribution in [0.1, 0.15) is 16.7 Å². The van der Waals surface area contributed by atoms with Gasteiger partial charge in [-0.2, -0.15) is 0 Å². The molecule has 0 heterocycles. The Morgan fingerprint density at radius 2 is 1.17 bits per heavy atom. The number of anilines is 1. The second-order valence-electron chi connectivity index (χ2n) is 7.72. The first-order valence-corrected chi connectivity index (χ1v) is 11.4. The first kappa shape index (κ1) is 27.0. The molecule has 0 bridgehead atoms. The lowest BCUT2D eigenvalue weighted by atomic mass is 10.1. The highest BCUT2D eigenvalue weighted by molar-refractivity contribution is 5.41. The van der Waals surface area contributed by atoms with Crippen LogP contribution in [0, 0.1) is 10.1 Å². The highest BCUT2D eigenvalue weighted by atomic mass is 16.6. The van der Waals surface area contributed by atoms with Gasteiger partial charge in [-0.25, -0.2) is 5.01 Å². The number of nitrogens with one attached hydrogen (secondary N) is 1. The van der Waals surface area contributed by atoms with Gasteiger partial charge in [0.1, 0.15) is 0 Å². The first-order valence-electron chi connectivity index (χ1n) is 11.4. The van der Waals surface area contributed by atoms with Crippen molar-refractivity contribution in [2.24, 2.45) is 0 Å². The van der Waals surface area contributed by atoms with E-state index in [0.29, 0.717) is 0 Å². The van der Waals surface area contributed by atoms with Crippen LogP contribution in [0.15, 0.2) is 128 Å². The number of non-ortho nitro benzene ring substituents is 1. The standard InChI is InChI=1S/C15H17N3O2.C13H12.C2H4/c1-17(16-14-5-3-2-4-6-14)12-11-13-7-9-15(10-8-13)18(19)20;1-3-7-12(8-4-1)11-13-9-5-2-6-10-13;1-2/h2-10,16H,11-12H2,1H3;1-10H,11H2;1-2H2. The third-order valence-corrected chi connectivity index (χ3v) is 5.07. The lowest BCUT2D eigenvalue weighted by Crippen LogP contribution is -2.27. The van der Waals surface area contributed by atoms with Crippen molar-refractivity contribution < 1.29 is 4.92 Å². The fraction of sp³-hybridized carbons (Fsp3) is 0.133. The second-order valence-corrected chi connectivity index (χ2v) is 7.72. The minimum atomic E-state index is -0.382. The van der Waals surface area contributed by atoms with Crippen LogP contribution < -0.4 is 5.43 Å². The van der Waals surface area contributed by atoms with Crippen LogP contribution in [0.2, 0.25) is 0 Å². The molecule has 4 aromatic rings. The van der Waals surface area contributed by atoms with Crippen molar-refractivity contribution in [1.82, 2.24) is 5.01 Å². The van der Waals surface area contributed by atoms with Crippen LogP contribution in [0.25, 0.3) is 0 Å². The zero-order valence-corrected chi connectivity index (χ0v) is 20.2. The van der Waals surface area contributed by atoms with Gasteiger partial charge in [0.2, 0.25) is 0 Å². The van der Waals surface area contributed by atoms with Gasteiger partial charge >= 0.3 is 0 Å². The molecule has 0 radical (unpaired) electrons. The quantitative estimate of drug-likeness (QED) is 0.169. The van der Waals surface area contributed by atoms with E-state index in [-0.39, 0.29) is 10.6 Å². The van der Waals surface area contributed by atoms with E-state index < -0.39 is 0 Å². The van der Waals surface area contributed by atoms with Crippen LogP contribution in [0.4, 0.5) is 11.4 Å². The number of hydrogen-bond donors (Lipinski definition) is 1. The van der Waals surface area contributed by atoms with Gasteiger partial charge in [-0.3, -0.25) is 10.1 Å². The normalized spacial score (nSPS) is 9.77. The molecular formula is C30H33N3O2. The van der Waals surface area contributed by atoms with Crippen molar-refractivity contribution in [3.63, 3.8) is 0 Å². The van der Waals surface area contributed by atoms with E-state index >= 15 is 0 Å². The molecule has 0 atom stereocenters. The fourth-order valence-corrected chi connectivity index (χ4v) is 3.30. The Kier molecular flexibility index (Phi) is 12.0. The van der Waals surface area contributed by atoms with Crippen molar-refractivity contribution in [1.29, 1.82) is 0 Å². The molecule has 0 amide bonds. The molecule has 1 N–H and O–H groups in total. The zero-order chi connectivity index (χ0) is 25.3. The minimum absolute atomic E-state index is 0.129. The van der Waals surface area contributed by atoms with Crippen molar-refractivity contribution in [3.8, 4) is 0 Å². The summed E-state index contributed by atoms with van der Waals surface area (Å²) in [6, 6.07) is 37.7. The number of hydrogen-bond acceptors (Lipinski definition) is 4. The van der Waals surface area contributed by atoms with Gasteiger partial charge in [-0.15, -0.1) is 13.2 Å². The number of nitrogens with zero attached hydrogens (tertiary/aromatic N) is 2. The molecule has 0 unspecified atom stereocenters. The monoisotopic (exact) mass is 467 g/mol. The van der Waals surface area contributed by atoms with Crippen molar-refractivity contribution in [2.75, 3.05) is 19.0 Å². The second kappa shape index (κ2) is 15.6. The summed E-state index contributed by atoms with van der Waals surface area (Å²) in [6.45, 7) is 6.81. The maximum Gasteiger partial charge on any atom is 0.269 e. The van der Waals surface area contributed by atoms with Crippen LogP contribution in [-0.2, 0) is 12.8 Å². The van der Waals surface area contributed by atoms with Crippen LogP contribution in [-0.4, -0.2) is 23.5 Å². The predicted molar refractivity (Wildman–Crippen MR) is 146 cm³/mol. The molecule has 0 fully saturated rings. The number of para-hydroxylation sites is 1. The number of nitro benzene ring substituents is 1. The summed E-state index contributed by atoms with van der Waals surface area (Å²) in [4.78, 5) is 10.2. The number of rotatable bonds is 8. The minimum Gasteiger partial charge on any atom is -0.319 e. The SMILES string of the molecule is C=C.CN(CCc1ccc([N+](=O)[O-])cc1)Nc1ccccc1.c1ccc(Cc2ccccc2)cc1. The van der Waals surface area contributed by atoms with E-state index in [4.69, 9.17) is 0 Å². The highest BCUT2D eigenvalue weighted by Gasteiger charge is 2.05. The van der Waals surface area contributed by atoms with Crippen molar-refractivity contribution >= 4 is 11.4 Å². The molecule has 0 aliphatic carbocycles. The smallest absolute Gasteiger partial charge is 0.269 e. The van der Waals surface area contributed by atoms with Gasteiger partial charge in [0.05, 0.1) is 4.92 Å². The average Bonchev–Trinajstić information content (AvgIpc) is 2.91. The van der Waals surface area contributed by atoms with Gasteiger partial charge in [0, 0.05) is 31.4 Å². The van der Waals surface area contributed by atoms with E-state index in [9.17, 15) is 10.1 Å². The van der Waals surface area contributed by atoms with Gasteiger partial charge in [0.15, 0.2) is 0 Å². The van der Waals surface area contributed by atoms with E-state index in [2.05, 4.69) is 79.2 Å². The number of hydrazine groups is 1. The van der Waals surface area contributed by atoms with Crippen LogP contribution in [0.5, 0.6) is 0 Å². The maximum atomic E-state index is 10.6. The summed E-state index contributed by atoms with van der Waals surface area (Å²) in [6.07, 6.45) is 1.86. The summed E-state index contributed by atoms with van der Waals surface area (Å²) < 4.78 is 0. The molecule has 0 aliphatic rings. The van der Waals surface area contributed by atoms with E-state index in [0.717, 1.165) is 30.6 Å². The first-order chi connectivity index (χ1) is 17.1. The van der Waals surface area contributed by atoms with E-state index in [1.165, 1.54) is 11.1 Å². The molecule has 35 heavy (non-hydrogen) atoms. The molecular weight excluding hydrogens is 434 g/mol. The molecule has 5 nitrogen and oxygen atoms in total. The number of nitro groups is 1. The zero-order valence-electron chi connectivity index (χ0n) is 20.2. The molecule has 5 heteroatoms.